The number of aliphatic hydroxyl groups excluding tert-OH is 1. The molecular weight excluding hydrogens is 350 g/mol. The van der Waals surface area contributed by atoms with E-state index >= 15 is 0 Å². The van der Waals surface area contributed by atoms with E-state index in [1.165, 1.54) is 16.2 Å². The Labute approximate surface area is 152 Å². The van der Waals surface area contributed by atoms with Crippen molar-refractivity contribution in [2.75, 3.05) is 0 Å². The third kappa shape index (κ3) is 2.31. The second-order valence-electron chi connectivity index (χ2n) is 6.87. The van der Waals surface area contributed by atoms with Crippen molar-refractivity contribution in [2.45, 2.75) is 37.8 Å². The van der Waals surface area contributed by atoms with Crippen LogP contribution in [0, 0.1) is 0 Å². The van der Waals surface area contributed by atoms with Crippen LogP contribution in [-0.2, 0) is 19.3 Å². The zero-order valence-corrected chi connectivity index (χ0v) is 14.7. The van der Waals surface area contributed by atoms with Crippen LogP contribution in [0.1, 0.15) is 44.6 Å². The summed E-state index contributed by atoms with van der Waals surface area (Å²) in [7, 11) is 0. The zero-order valence-electron chi connectivity index (χ0n) is 13.9. The fourth-order valence-electron chi connectivity index (χ4n) is 4.07. The molecule has 7 heteroatoms. The molecule has 0 aliphatic heterocycles. The number of nitrogens with zero attached hydrogens (tertiary/aromatic N) is 1. The highest BCUT2D eigenvalue weighted by Gasteiger charge is 2.32. The van der Waals surface area contributed by atoms with E-state index in [9.17, 15) is 14.7 Å². The van der Waals surface area contributed by atoms with Crippen molar-refractivity contribution in [1.82, 2.24) is 15.3 Å². The minimum Gasteiger partial charge on any atom is -0.390 e. The highest BCUT2D eigenvalue weighted by Crippen LogP contribution is 2.35. The van der Waals surface area contributed by atoms with Gasteiger partial charge in [0, 0.05) is 11.3 Å². The number of aromatic amines is 1. The molecule has 5 rings (SSSR count). The number of H-pyrrole nitrogens is 1. The Bertz CT molecular complexity index is 1100. The number of hydrogen-bond acceptors (Lipinski definition) is 5. The van der Waals surface area contributed by atoms with Gasteiger partial charge in [-0.05, 0) is 36.0 Å². The second-order valence-corrected chi connectivity index (χ2v) is 7.96. The first-order chi connectivity index (χ1) is 12.6. The Morgan fingerprint density at radius 2 is 2.15 bits per heavy atom. The van der Waals surface area contributed by atoms with Gasteiger partial charge >= 0.3 is 0 Å². The average Bonchev–Trinajstić information content (AvgIpc) is 3.28. The first kappa shape index (κ1) is 15.7. The van der Waals surface area contributed by atoms with Crippen molar-refractivity contribution in [3.8, 4) is 0 Å². The first-order valence-corrected chi connectivity index (χ1v) is 9.55. The van der Waals surface area contributed by atoms with Gasteiger partial charge in [-0.1, -0.05) is 24.3 Å². The Kier molecular flexibility index (Phi) is 3.48. The maximum atomic E-state index is 12.7. The second kappa shape index (κ2) is 5.75. The van der Waals surface area contributed by atoms with Crippen molar-refractivity contribution in [3.05, 3.63) is 62.0 Å². The van der Waals surface area contributed by atoms with E-state index in [1.807, 2.05) is 24.3 Å². The Hall–Kier alpha value is -2.51. The quantitative estimate of drug-likeness (QED) is 0.644. The monoisotopic (exact) mass is 367 g/mol. The lowest BCUT2D eigenvalue weighted by molar-refractivity contribution is 0.0848. The van der Waals surface area contributed by atoms with Gasteiger partial charge in [0.2, 0.25) is 5.82 Å². The van der Waals surface area contributed by atoms with Gasteiger partial charge in [-0.2, -0.15) is 0 Å². The minimum absolute atomic E-state index is 0.000922. The first-order valence-electron chi connectivity index (χ1n) is 8.73. The molecule has 0 saturated carbocycles. The lowest BCUT2D eigenvalue weighted by atomic mass is 10.1. The lowest BCUT2D eigenvalue weighted by Crippen LogP contribution is -2.35. The van der Waals surface area contributed by atoms with Crippen LogP contribution in [0.4, 0.5) is 0 Å². The van der Waals surface area contributed by atoms with Crippen molar-refractivity contribution >= 4 is 27.5 Å². The lowest BCUT2D eigenvalue weighted by Gasteiger charge is -2.17. The number of nitrogens with one attached hydrogen (secondary N) is 2. The number of benzene rings is 1. The van der Waals surface area contributed by atoms with Crippen LogP contribution < -0.4 is 10.9 Å². The molecule has 6 nitrogen and oxygen atoms in total. The van der Waals surface area contributed by atoms with Gasteiger partial charge in [0.1, 0.15) is 4.83 Å². The van der Waals surface area contributed by atoms with Crippen molar-refractivity contribution < 1.29 is 9.90 Å². The topological polar surface area (TPSA) is 95.1 Å². The molecule has 2 atom stereocenters. The number of carbonyl (C=O) groups is 1. The molecule has 1 amide bonds. The molecule has 3 aromatic rings. The number of fused-ring (bicyclic) bond motifs is 4. The molecule has 132 valence electrons. The van der Waals surface area contributed by atoms with Crippen LogP contribution in [0.3, 0.4) is 0 Å². The van der Waals surface area contributed by atoms with Crippen LogP contribution in [0.5, 0.6) is 0 Å². The molecule has 2 heterocycles. The maximum absolute atomic E-state index is 12.7. The van der Waals surface area contributed by atoms with Crippen LogP contribution in [0.15, 0.2) is 29.1 Å². The molecule has 0 unspecified atom stereocenters. The summed E-state index contributed by atoms with van der Waals surface area (Å²) in [6.45, 7) is 0. The number of aromatic nitrogens is 2. The van der Waals surface area contributed by atoms with E-state index in [0.717, 1.165) is 36.0 Å². The number of rotatable bonds is 2. The van der Waals surface area contributed by atoms with E-state index < -0.39 is 18.1 Å². The van der Waals surface area contributed by atoms with Crippen LogP contribution in [0.25, 0.3) is 10.2 Å². The SMILES string of the molecule is O=C(N[C@H]1c2ccccc2C[C@H]1O)c1nc2sc3c(c2c(=O)[nH]1)CCC3. The van der Waals surface area contributed by atoms with Crippen molar-refractivity contribution in [3.63, 3.8) is 0 Å². The number of hydrogen-bond donors (Lipinski definition) is 3. The van der Waals surface area contributed by atoms with E-state index in [-0.39, 0.29) is 11.4 Å². The minimum atomic E-state index is -0.683. The summed E-state index contributed by atoms with van der Waals surface area (Å²) in [6.07, 6.45) is 2.76. The highest BCUT2D eigenvalue weighted by molar-refractivity contribution is 7.18. The molecule has 2 aliphatic carbocycles. The van der Waals surface area contributed by atoms with E-state index in [0.29, 0.717) is 16.6 Å². The van der Waals surface area contributed by atoms with Crippen LogP contribution in [-0.4, -0.2) is 27.1 Å². The zero-order chi connectivity index (χ0) is 17.8. The Morgan fingerprint density at radius 3 is 3.04 bits per heavy atom. The standard InChI is InChI=1S/C19H17N3O3S/c23-12-8-9-4-1-2-5-10(9)15(12)20-18(25)16-21-17(24)14-11-6-3-7-13(11)26-19(14)22-16/h1-2,4-5,12,15,23H,3,6-8H2,(H,20,25)(H,21,22,24)/t12-,15+/m1/s1. The van der Waals surface area contributed by atoms with Gasteiger partial charge in [-0.15, -0.1) is 11.3 Å². The summed E-state index contributed by atoms with van der Waals surface area (Å²) < 4.78 is 0. The molecule has 2 aliphatic rings. The largest absolute Gasteiger partial charge is 0.390 e. The van der Waals surface area contributed by atoms with Gasteiger partial charge in [0.25, 0.3) is 11.5 Å². The van der Waals surface area contributed by atoms with Gasteiger partial charge in [0.15, 0.2) is 0 Å². The average molecular weight is 367 g/mol. The fourth-order valence-corrected chi connectivity index (χ4v) is 5.33. The molecule has 0 fully saturated rings. The number of amides is 1. The molecule has 0 spiro atoms. The third-order valence-corrected chi connectivity index (χ3v) is 6.47. The number of carbonyl (C=O) groups excluding carboxylic acids is 1. The number of thiophene rings is 1. The molecule has 0 radical (unpaired) electrons. The van der Waals surface area contributed by atoms with E-state index in [1.54, 1.807) is 0 Å². The third-order valence-electron chi connectivity index (χ3n) is 5.28. The van der Waals surface area contributed by atoms with Crippen LogP contribution >= 0.6 is 11.3 Å². The molecule has 26 heavy (non-hydrogen) atoms. The van der Waals surface area contributed by atoms with Crippen molar-refractivity contribution in [2.24, 2.45) is 0 Å². The Balaban J connectivity index is 1.49. The summed E-state index contributed by atoms with van der Waals surface area (Å²) in [5.41, 5.74) is 2.77. The summed E-state index contributed by atoms with van der Waals surface area (Å²) >= 11 is 1.50. The normalized spacial score (nSPS) is 21.0. The number of aliphatic hydroxyl groups is 1. The van der Waals surface area contributed by atoms with Crippen LogP contribution in [0.2, 0.25) is 0 Å². The summed E-state index contributed by atoms with van der Waals surface area (Å²) in [5.74, 6) is -0.475. The smallest absolute Gasteiger partial charge is 0.287 e. The number of aryl methyl sites for hydroxylation is 2. The molecule has 3 N–H and O–H groups in total. The summed E-state index contributed by atoms with van der Waals surface area (Å²) in [6, 6.07) is 7.16. The summed E-state index contributed by atoms with van der Waals surface area (Å²) in [4.78, 5) is 34.0. The van der Waals surface area contributed by atoms with Crippen molar-refractivity contribution in [1.29, 1.82) is 0 Å². The summed E-state index contributed by atoms with van der Waals surface area (Å²) in [5, 5.41) is 13.8. The predicted octanol–water partition coefficient (Wildman–Crippen LogP) is 1.86. The van der Waals surface area contributed by atoms with Gasteiger partial charge < -0.3 is 15.4 Å². The Morgan fingerprint density at radius 1 is 1.31 bits per heavy atom. The van der Waals surface area contributed by atoms with E-state index in [4.69, 9.17) is 0 Å². The molecular formula is C19H17N3O3S. The molecule has 2 aromatic heterocycles. The van der Waals surface area contributed by atoms with Gasteiger partial charge in [-0.25, -0.2) is 4.98 Å². The van der Waals surface area contributed by atoms with Gasteiger partial charge in [-0.3, -0.25) is 9.59 Å². The molecule has 1 aromatic carbocycles. The molecule has 0 saturated heterocycles. The predicted molar refractivity (Wildman–Crippen MR) is 98.6 cm³/mol. The maximum Gasteiger partial charge on any atom is 0.287 e. The molecule has 0 bridgehead atoms. The van der Waals surface area contributed by atoms with E-state index in [2.05, 4.69) is 15.3 Å². The van der Waals surface area contributed by atoms with Gasteiger partial charge in [0.05, 0.1) is 17.5 Å². The fraction of sp³-hybridized carbons (Fsp3) is 0.316. The highest BCUT2D eigenvalue weighted by atomic mass is 32.1.